The standard InChI is InChI=1S/C12H15N3O2S/c1-8(2)14-10(16)6-15-9-4-3-5-13-12(9)18-7-11(15)17/h3-5,8H,6-7H2,1-2H3,(H,14,16). The van der Waals surface area contributed by atoms with Gasteiger partial charge in [0.05, 0.1) is 11.4 Å². The van der Waals surface area contributed by atoms with E-state index in [0.29, 0.717) is 5.75 Å². The molecule has 2 amide bonds. The highest BCUT2D eigenvalue weighted by molar-refractivity contribution is 8.00. The topological polar surface area (TPSA) is 62.3 Å². The van der Waals surface area contributed by atoms with Crippen LogP contribution in [-0.4, -0.2) is 35.1 Å². The lowest BCUT2D eigenvalue weighted by molar-refractivity contribution is -0.123. The molecule has 0 radical (unpaired) electrons. The van der Waals surface area contributed by atoms with Gasteiger partial charge >= 0.3 is 0 Å². The molecule has 1 aromatic heterocycles. The average molecular weight is 265 g/mol. The molecule has 2 heterocycles. The summed E-state index contributed by atoms with van der Waals surface area (Å²) in [6, 6.07) is 3.65. The van der Waals surface area contributed by atoms with Gasteiger partial charge in [-0.25, -0.2) is 4.98 Å². The van der Waals surface area contributed by atoms with Gasteiger partial charge in [-0.3, -0.25) is 14.5 Å². The van der Waals surface area contributed by atoms with Crippen molar-refractivity contribution in [2.45, 2.75) is 24.9 Å². The SMILES string of the molecule is CC(C)NC(=O)CN1C(=O)CSc2ncccc21. The van der Waals surface area contributed by atoms with E-state index in [4.69, 9.17) is 0 Å². The van der Waals surface area contributed by atoms with Crippen LogP contribution in [0.15, 0.2) is 23.4 Å². The van der Waals surface area contributed by atoms with Gasteiger partial charge in [-0.1, -0.05) is 11.8 Å². The minimum Gasteiger partial charge on any atom is -0.352 e. The number of hydrogen-bond acceptors (Lipinski definition) is 4. The molecule has 0 atom stereocenters. The van der Waals surface area contributed by atoms with Crippen LogP contribution in [0.1, 0.15) is 13.8 Å². The smallest absolute Gasteiger partial charge is 0.240 e. The molecule has 0 aliphatic carbocycles. The van der Waals surface area contributed by atoms with E-state index in [9.17, 15) is 9.59 Å². The number of fused-ring (bicyclic) bond motifs is 1. The quantitative estimate of drug-likeness (QED) is 0.887. The highest BCUT2D eigenvalue weighted by Crippen LogP contribution is 2.32. The molecule has 0 saturated heterocycles. The van der Waals surface area contributed by atoms with Gasteiger partial charge in [0.15, 0.2) is 0 Å². The van der Waals surface area contributed by atoms with Crippen molar-refractivity contribution in [2.75, 3.05) is 17.2 Å². The Morgan fingerprint density at radius 1 is 1.61 bits per heavy atom. The van der Waals surface area contributed by atoms with Crippen molar-refractivity contribution < 1.29 is 9.59 Å². The Kier molecular flexibility index (Phi) is 3.86. The maximum Gasteiger partial charge on any atom is 0.240 e. The third-order valence-electron chi connectivity index (χ3n) is 2.43. The number of thioether (sulfide) groups is 1. The number of pyridine rings is 1. The second-order valence-electron chi connectivity index (χ2n) is 4.32. The third-order valence-corrected chi connectivity index (χ3v) is 3.41. The zero-order valence-electron chi connectivity index (χ0n) is 10.3. The fraction of sp³-hybridized carbons (Fsp3) is 0.417. The summed E-state index contributed by atoms with van der Waals surface area (Å²) in [5.41, 5.74) is 0.720. The van der Waals surface area contributed by atoms with Gasteiger partial charge in [-0.15, -0.1) is 0 Å². The summed E-state index contributed by atoms with van der Waals surface area (Å²) in [5.74, 6) is 0.123. The van der Waals surface area contributed by atoms with E-state index in [2.05, 4.69) is 10.3 Å². The van der Waals surface area contributed by atoms with E-state index in [-0.39, 0.29) is 24.4 Å². The van der Waals surface area contributed by atoms with Gasteiger partial charge < -0.3 is 5.32 Å². The minimum absolute atomic E-state index is 0.0519. The van der Waals surface area contributed by atoms with Gasteiger partial charge in [0.2, 0.25) is 11.8 Å². The van der Waals surface area contributed by atoms with Gasteiger partial charge in [0.25, 0.3) is 0 Å². The van der Waals surface area contributed by atoms with Crippen molar-refractivity contribution in [3.8, 4) is 0 Å². The highest BCUT2D eigenvalue weighted by atomic mass is 32.2. The largest absolute Gasteiger partial charge is 0.352 e. The van der Waals surface area contributed by atoms with Crippen molar-refractivity contribution in [1.29, 1.82) is 0 Å². The molecule has 0 spiro atoms. The van der Waals surface area contributed by atoms with Crippen LogP contribution < -0.4 is 10.2 Å². The summed E-state index contributed by atoms with van der Waals surface area (Å²) in [6.45, 7) is 3.83. The first-order chi connectivity index (χ1) is 8.58. The fourth-order valence-electron chi connectivity index (χ4n) is 1.73. The van der Waals surface area contributed by atoms with Crippen molar-refractivity contribution >= 4 is 29.3 Å². The monoisotopic (exact) mass is 265 g/mol. The van der Waals surface area contributed by atoms with Gasteiger partial charge in [0, 0.05) is 12.2 Å². The number of hydrogen-bond donors (Lipinski definition) is 1. The molecular formula is C12H15N3O2S. The summed E-state index contributed by atoms with van der Waals surface area (Å²) < 4.78 is 0. The number of carbonyl (C=O) groups excluding carboxylic acids is 2. The highest BCUT2D eigenvalue weighted by Gasteiger charge is 2.27. The Morgan fingerprint density at radius 3 is 3.11 bits per heavy atom. The average Bonchev–Trinajstić information content (AvgIpc) is 2.32. The zero-order valence-corrected chi connectivity index (χ0v) is 11.2. The number of anilines is 1. The molecule has 0 bridgehead atoms. The van der Waals surface area contributed by atoms with E-state index >= 15 is 0 Å². The first kappa shape index (κ1) is 12.9. The van der Waals surface area contributed by atoms with Crippen LogP contribution in [0, 0.1) is 0 Å². The van der Waals surface area contributed by atoms with E-state index in [0.717, 1.165) is 10.7 Å². The summed E-state index contributed by atoms with van der Waals surface area (Å²) in [6.07, 6.45) is 1.69. The van der Waals surface area contributed by atoms with Crippen LogP contribution in [0.3, 0.4) is 0 Å². The molecule has 96 valence electrons. The molecule has 1 aromatic rings. The lowest BCUT2D eigenvalue weighted by atomic mass is 10.3. The van der Waals surface area contributed by atoms with Crippen molar-refractivity contribution in [3.63, 3.8) is 0 Å². The number of nitrogens with one attached hydrogen (secondary N) is 1. The van der Waals surface area contributed by atoms with Crippen molar-refractivity contribution in [2.24, 2.45) is 0 Å². The first-order valence-electron chi connectivity index (χ1n) is 5.75. The molecule has 0 fully saturated rings. The fourth-order valence-corrected chi connectivity index (χ4v) is 2.60. The Balaban J connectivity index is 2.17. The second kappa shape index (κ2) is 5.39. The molecule has 0 saturated carbocycles. The van der Waals surface area contributed by atoms with Crippen LogP contribution >= 0.6 is 11.8 Å². The van der Waals surface area contributed by atoms with E-state index in [1.807, 2.05) is 19.9 Å². The molecule has 18 heavy (non-hydrogen) atoms. The predicted octanol–water partition coefficient (Wildman–Crippen LogP) is 1.04. The van der Waals surface area contributed by atoms with E-state index < -0.39 is 0 Å². The molecule has 0 aromatic carbocycles. The second-order valence-corrected chi connectivity index (χ2v) is 5.28. The molecule has 5 nitrogen and oxygen atoms in total. The third kappa shape index (κ3) is 2.81. The lowest BCUT2D eigenvalue weighted by Crippen LogP contribution is -2.45. The molecule has 6 heteroatoms. The predicted molar refractivity (Wildman–Crippen MR) is 70.6 cm³/mol. The lowest BCUT2D eigenvalue weighted by Gasteiger charge is -2.27. The minimum atomic E-state index is -0.153. The molecule has 1 N–H and O–H groups in total. The normalized spacial score (nSPS) is 14.6. The number of rotatable bonds is 3. The van der Waals surface area contributed by atoms with Gasteiger partial charge in [-0.05, 0) is 26.0 Å². The van der Waals surface area contributed by atoms with E-state index in [1.54, 1.807) is 12.3 Å². The molecule has 2 rings (SSSR count). The summed E-state index contributed by atoms with van der Waals surface area (Å²) in [5, 5.41) is 3.58. The Morgan fingerprint density at radius 2 is 2.39 bits per heavy atom. The van der Waals surface area contributed by atoms with Gasteiger partial charge in [-0.2, -0.15) is 0 Å². The number of nitrogens with zero attached hydrogens (tertiary/aromatic N) is 2. The van der Waals surface area contributed by atoms with Crippen LogP contribution in [0.4, 0.5) is 5.69 Å². The molecular weight excluding hydrogens is 250 g/mol. The Hall–Kier alpha value is -1.56. The summed E-state index contributed by atoms with van der Waals surface area (Å²) >= 11 is 1.41. The van der Waals surface area contributed by atoms with Gasteiger partial charge in [0.1, 0.15) is 11.6 Å². The summed E-state index contributed by atoms with van der Waals surface area (Å²) in [4.78, 5) is 29.3. The van der Waals surface area contributed by atoms with Crippen molar-refractivity contribution in [3.05, 3.63) is 18.3 Å². The maximum absolute atomic E-state index is 11.9. The molecule has 1 aliphatic heterocycles. The van der Waals surface area contributed by atoms with Crippen LogP contribution in [0.5, 0.6) is 0 Å². The first-order valence-corrected chi connectivity index (χ1v) is 6.74. The molecule has 0 unspecified atom stereocenters. The number of amides is 2. The van der Waals surface area contributed by atoms with Crippen LogP contribution in [0.2, 0.25) is 0 Å². The number of carbonyl (C=O) groups is 2. The zero-order chi connectivity index (χ0) is 13.1. The molecule has 1 aliphatic rings. The Labute approximate surface area is 110 Å². The van der Waals surface area contributed by atoms with Crippen LogP contribution in [0.25, 0.3) is 0 Å². The van der Waals surface area contributed by atoms with Crippen LogP contribution in [-0.2, 0) is 9.59 Å². The van der Waals surface area contributed by atoms with E-state index in [1.165, 1.54) is 16.7 Å². The maximum atomic E-state index is 11.9. The summed E-state index contributed by atoms with van der Waals surface area (Å²) in [7, 11) is 0. The van der Waals surface area contributed by atoms with Crippen molar-refractivity contribution in [1.82, 2.24) is 10.3 Å². The number of aromatic nitrogens is 1. The Bertz CT molecular complexity index is 476.